The van der Waals surface area contributed by atoms with Gasteiger partial charge in [0.2, 0.25) is 11.2 Å². The summed E-state index contributed by atoms with van der Waals surface area (Å²) in [6.07, 6.45) is 4.65. The Bertz CT molecular complexity index is 405. The molecule has 0 radical (unpaired) electrons. The lowest BCUT2D eigenvalue weighted by Gasteiger charge is -2.11. The third-order valence-corrected chi connectivity index (χ3v) is 2.28. The molecule has 1 aromatic heterocycles. The van der Waals surface area contributed by atoms with Gasteiger partial charge in [-0.3, -0.25) is 0 Å². The number of hydrogen-bond acceptors (Lipinski definition) is 6. The fraction of sp³-hybridized carbons (Fsp3) is 0.500. The number of rotatable bonds is 5. The zero-order chi connectivity index (χ0) is 12.1. The Kier molecular flexibility index (Phi) is 3.98. The van der Waals surface area contributed by atoms with Crippen molar-refractivity contribution in [3.63, 3.8) is 0 Å². The Morgan fingerprint density at radius 1 is 1.53 bits per heavy atom. The molecule has 7 heteroatoms. The molecule has 0 spiro atoms. The highest BCUT2D eigenvalue weighted by Crippen LogP contribution is 2.13. The van der Waals surface area contributed by atoms with E-state index in [1.807, 2.05) is 13.0 Å². The number of nitrogens with one attached hydrogen (secondary N) is 1. The quantitative estimate of drug-likeness (QED) is 0.864. The third kappa shape index (κ3) is 3.45. The number of anilines is 1. The Balaban J connectivity index is 1.94. The van der Waals surface area contributed by atoms with E-state index in [4.69, 9.17) is 21.1 Å². The van der Waals surface area contributed by atoms with Gasteiger partial charge in [0.15, 0.2) is 0 Å². The van der Waals surface area contributed by atoms with Crippen LogP contribution in [0.2, 0.25) is 5.28 Å². The second-order valence-electron chi connectivity index (χ2n) is 3.39. The van der Waals surface area contributed by atoms with Crippen LogP contribution in [0.3, 0.4) is 0 Å². The van der Waals surface area contributed by atoms with E-state index < -0.39 is 0 Å². The minimum absolute atomic E-state index is 0.108. The molecule has 0 fully saturated rings. The van der Waals surface area contributed by atoms with E-state index >= 15 is 0 Å². The first-order chi connectivity index (χ1) is 8.28. The van der Waals surface area contributed by atoms with Gasteiger partial charge in [-0.2, -0.15) is 15.0 Å². The van der Waals surface area contributed by atoms with E-state index in [1.54, 1.807) is 6.26 Å². The van der Waals surface area contributed by atoms with Gasteiger partial charge in [-0.05, 0) is 24.6 Å². The smallest absolute Gasteiger partial charge is 0.322 e. The second kappa shape index (κ2) is 5.67. The van der Waals surface area contributed by atoms with Gasteiger partial charge < -0.3 is 14.8 Å². The van der Waals surface area contributed by atoms with Crippen molar-refractivity contribution in [2.24, 2.45) is 0 Å². The van der Waals surface area contributed by atoms with E-state index in [9.17, 15) is 0 Å². The normalized spacial score (nSPS) is 17.9. The lowest BCUT2D eigenvalue weighted by atomic mass is 10.3. The van der Waals surface area contributed by atoms with Crippen molar-refractivity contribution in [1.29, 1.82) is 0 Å². The highest BCUT2D eigenvalue weighted by molar-refractivity contribution is 6.28. The molecule has 1 N–H and O–H groups in total. The Morgan fingerprint density at radius 2 is 2.41 bits per heavy atom. The molecule has 1 aliphatic heterocycles. The highest BCUT2D eigenvalue weighted by atomic mass is 35.5. The summed E-state index contributed by atoms with van der Waals surface area (Å²) in [5, 5.41) is 3.14. The number of aromatic nitrogens is 3. The van der Waals surface area contributed by atoms with Crippen LogP contribution in [0, 0.1) is 0 Å². The maximum atomic E-state index is 5.76. The standard InChI is InChI=1S/C10H13ClN4O2/c1-2-16-10-14-8(11)13-9(15-10)12-6-7-4-3-5-17-7/h3,5,7H,2,4,6H2,1H3,(H,12,13,14,15). The SMILES string of the molecule is CCOc1nc(Cl)nc(NCC2CC=CO2)n1. The van der Waals surface area contributed by atoms with Crippen LogP contribution in [0.15, 0.2) is 12.3 Å². The first kappa shape index (κ1) is 11.9. The topological polar surface area (TPSA) is 69.2 Å². The first-order valence-corrected chi connectivity index (χ1v) is 5.74. The summed E-state index contributed by atoms with van der Waals surface area (Å²) in [6, 6.07) is 0.223. The predicted octanol–water partition coefficient (Wildman–Crippen LogP) is 1.64. The van der Waals surface area contributed by atoms with Gasteiger partial charge in [0, 0.05) is 6.42 Å². The molecule has 0 saturated carbocycles. The molecule has 0 aromatic carbocycles. The molecule has 0 saturated heterocycles. The van der Waals surface area contributed by atoms with Crippen LogP contribution in [0.4, 0.5) is 5.95 Å². The van der Waals surface area contributed by atoms with Crippen molar-refractivity contribution in [2.45, 2.75) is 19.4 Å². The molecule has 17 heavy (non-hydrogen) atoms. The van der Waals surface area contributed by atoms with E-state index in [2.05, 4.69) is 20.3 Å². The Hall–Kier alpha value is -1.56. The molecule has 1 unspecified atom stereocenters. The number of hydrogen-bond donors (Lipinski definition) is 1. The summed E-state index contributed by atoms with van der Waals surface area (Å²) >= 11 is 5.76. The van der Waals surface area contributed by atoms with Crippen LogP contribution in [0.5, 0.6) is 6.01 Å². The van der Waals surface area contributed by atoms with Crippen LogP contribution >= 0.6 is 11.6 Å². The van der Waals surface area contributed by atoms with Gasteiger partial charge in [0.25, 0.3) is 0 Å². The Morgan fingerprint density at radius 3 is 3.12 bits per heavy atom. The van der Waals surface area contributed by atoms with Crippen LogP contribution in [0.25, 0.3) is 0 Å². The van der Waals surface area contributed by atoms with Gasteiger partial charge in [0.05, 0.1) is 19.4 Å². The molecule has 2 heterocycles. The average Bonchev–Trinajstić information content (AvgIpc) is 2.79. The van der Waals surface area contributed by atoms with E-state index in [0.29, 0.717) is 19.1 Å². The van der Waals surface area contributed by atoms with E-state index in [1.165, 1.54) is 0 Å². The summed E-state index contributed by atoms with van der Waals surface area (Å²) in [7, 11) is 0. The molecule has 92 valence electrons. The first-order valence-electron chi connectivity index (χ1n) is 5.36. The summed E-state index contributed by atoms with van der Waals surface area (Å²) in [5.74, 6) is 0.393. The highest BCUT2D eigenvalue weighted by Gasteiger charge is 2.12. The molecule has 0 aliphatic carbocycles. The van der Waals surface area contributed by atoms with Gasteiger partial charge in [-0.15, -0.1) is 0 Å². The van der Waals surface area contributed by atoms with Crippen molar-refractivity contribution in [1.82, 2.24) is 15.0 Å². The Labute approximate surface area is 104 Å². The molecule has 1 aliphatic rings. The lowest BCUT2D eigenvalue weighted by molar-refractivity contribution is 0.182. The van der Waals surface area contributed by atoms with Crippen molar-refractivity contribution in [3.8, 4) is 6.01 Å². The minimum atomic E-state index is 0.108. The second-order valence-corrected chi connectivity index (χ2v) is 3.73. The molecule has 1 aromatic rings. The number of ether oxygens (including phenoxy) is 2. The molecule has 2 rings (SSSR count). The monoisotopic (exact) mass is 256 g/mol. The summed E-state index contributed by atoms with van der Waals surface area (Å²) < 4.78 is 10.5. The fourth-order valence-corrected chi connectivity index (χ4v) is 1.52. The molecular weight excluding hydrogens is 244 g/mol. The zero-order valence-corrected chi connectivity index (χ0v) is 10.1. The van der Waals surface area contributed by atoms with Crippen LogP contribution in [-0.2, 0) is 4.74 Å². The summed E-state index contributed by atoms with van der Waals surface area (Å²) in [5.41, 5.74) is 0. The van der Waals surface area contributed by atoms with Crippen molar-refractivity contribution in [3.05, 3.63) is 17.6 Å². The largest absolute Gasteiger partial charge is 0.496 e. The number of halogens is 1. The third-order valence-electron chi connectivity index (χ3n) is 2.12. The number of nitrogens with zero attached hydrogens (tertiary/aromatic N) is 3. The van der Waals surface area contributed by atoms with Crippen molar-refractivity contribution < 1.29 is 9.47 Å². The predicted molar refractivity (Wildman–Crippen MR) is 63.1 cm³/mol. The molecule has 0 bridgehead atoms. The van der Waals surface area contributed by atoms with Gasteiger partial charge in [0.1, 0.15) is 6.10 Å². The van der Waals surface area contributed by atoms with Gasteiger partial charge >= 0.3 is 6.01 Å². The minimum Gasteiger partial charge on any atom is -0.496 e. The zero-order valence-electron chi connectivity index (χ0n) is 9.39. The fourth-order valence-electron chi connectivity index (χ4n) is 1.37. The van der Waals surface area contributed by atoms with Crippen LogP contribution < -0.4 is 10.1 Å². The van der Waals surface area contributed by atoms with Gasteiger partial charge in [-0.1, -0.05) is 0 Å². The molecule has 0 amide bonds. The van der Waals surface area contributed by atoms with Crippen molar-refractivity contribution in [2.75, 3.05) is 18.5 Å². The molecule has 6 nitrogen and oxygen atoms in total. The van der Waals surface area contributed by atoms with Crippen molar-refractivity contribution >= 4 is 17.5 Å². The van der Waals surface area contributed by atoms with E-state index in [0.717, 1.165) is 6.42 Å². The molecule has 1 atom stereocenters. The summed E-state index contributed by atoms with van der Waals surface area (Å²) in [6.45, 7) is 2.94. The average molecular weight is 257 g/mol. The van der Waals surface area contributed by atoms with Crippen LogP contribution in [0.1, 0.15) is 13.3 Å². The van der Waals surface area contributed by atoms with E-state index in [-0.39, 0.29) is 17.4 Å². The maximum absolute atomic E-state index is 5.76. The summed E-state index contributed by atoms with van der Waals surface area (Å²) in [4.78, 5) is 11.9. The van der Waals surface area contributed by atoms with Crippen LogP contribution in [-0.4, -0.2) is 34.2 Å². The molecular formula is C10H13ClN4O2. The lowest BCUT2D eigenvalue weighted by Crippen LogP contribution is -2.20. The van der Waals surface area contributed by atoms with Gasteiger partial charge in [-0.25, -0.2) is 0 Å². The maximum Gasteiger partial charge on any atom is 0.322 e.